The first-order valence-corrected chi connectivity index (χ1v) is 11.8. The van der Waals surface area contributed by atoms with E-state index in [9.17, 15) is 14.4 Å². The van der Waals surface area contributed by atoms with Crippen LogP contribution in [0.15, 0.2) is 54.6 Å². The Balaban J connectivity index is 1.40. The Morgan fingerprint density at radius 3 is 2.34 bits per heavy atom. The molecular formula is C26H33N3O6. The fourth-order valence-corrected chi connectivity index (χ4v) is 3.77. The van der Waals surface area contributed by atoms with Gasteiger partial charge in [0.05, 0.1) is 12.7 Å². The first kappa shape index (κ1) is 26.0. The third-order valence-electron chi connectivity index (χ3n) is 5.68. The van der Waals surface area contributed by atoms with Gasteiger partial charge in [0.15, 0.2) is 0 Å². The fourth-order valence-electron chi connectivity index (χ4n) is 3.77. The molecule has 2 aromatic rings. The number of anilines is 1. The maximum atomic E-state index is 12.5. The number of carbonyl (C=O) groups excluding carboxylic acids is 3. The van der Waals surface area contributed by atoms with Crippen LogP contribution in [-0.2, 0) is 36.8 Å². The summed E-state index contributed by atoms with van der Waals surface area (Å²) in [6.07, 6.45) is 0.969. The van der Waals surface area contributed by atoms with E-state index in [1.165, 1.54) is 0 Å². The van der Waals surface area contributed by atoms with Crippen molar-refractivity contribution in [3.63, 3.8) is 0 Å². The third-order valence-corrected chi connectivity index (χ3v) is 5.68. The Morgan fingerprint density at radius 1 is 1.00 bits per heavy atom. The molecule has 1 heterocycles. The maximum Gasteiger partial charge on any atom is 0.410 e. The molecule has 35 heavy (non-hydrogen) atoms. The van der Waals surface area contributed by atoms with Gasteiger partial charge in [0, 0.05) is 25.2 Å². The van der Waals surface area contributed by atoms with Crippen LogP contribution in [0.1, 0.15) is 30.9 Å². The van der Waals surface area contributed by atoms with Gasteiger partial charge in [0.2, 0.25) is 5.91 Å². The number of hydrogen-bond donors (Lipinski definition) is 2. The van der Waals surface area contributed by atoms with Crippen LogP contribution in [0, 0.1) is 0 Å². The molecule has 0 unspecified atom stereocenters. The zero-order valence-corrected chi connectivity index (χ0v) is 20.0. The Morgan fingerprint density at radius 2 is 1.69 bits per heavy atom. The minimum absolute atomic E-state index is 0.155. The lowest BCUT2D eigenvalue weighted by Gasteiger charge is -2.31. The lowest BCUT2D eigenvalue weighted by Crippen LogP contribution is -2.46. The number of rotatable bonds is 10. The molecule has 0 saturated carbocycles. The Bertz CT molecular complexity index is 959. The van der Waals surface area contributed by atoms with Crippen molar-refractivity contribution in [1.29, 1.82) is 0 Å². The number of benzene rings is 2. The van der Waals surface area contributed by atoms with E-state index in [1.54, 1.807) is 24.0 Å². The number of esters is 1. The second-order valence-electron chi connectivity index (χ2n) is 8.36. The molecule has 1 saturated heterocycles. The largest absolute Gasteiger partial charge is 0.464 e. The van der Waals surface area contributed by atoms with E-state index in [-0.39, 0.29) is 38.4 Å². The lowest BCUT2D eigenvalue weighted by atomic mass is 10.1. The standard InChI is InChI=1S/C26H33N3O6/c1-2-33-25(31)23(16-19-8-10-21(27)11-9-19)28-24(30)18-34-22-12-14-29(15-13-22)26(32)35-17-20-6-4-3-5-7-20/h3-11,22-23H,2,12-18,27H2,1H3,(H,28,30)/t23-/m0/s1. The van der Waals surface area contributed by atoms with Crippen molar-refractivity contribution in [1.82, 2.24) is 10.2 Å². The van der Waals surface area contributed by atoms with Gasteiger partial charge < -0.3 is 30.2 Å². The average Bonchev–Trinajstić information content (AvgIpc) is 2.88. The van der Waals surface area contributed by atoms with E-state index in [0.717, 1.165) is 11.1 Å². The zero-order chi connectivity index (χ0) is 25.0. The van der Waals surface area contributed by atoms with Gasteiger partial charge in [-0.25, -0.2) is 9.59 Å². The van der Waals surface area contributed by atoms with Crippen LogP contribution >= 0.6 is 0 Å². The lowest BCUT2D eigenvalue weighted by molar-refractivity contribution is -0.148. The Labute approximate surface area is 205 Å². The molecule has 1 atom stereocenters. The van der Waals surface area contributed by atoms with E-state index < -0.39 is 17.9 Å². The molecular weight excluding hydrogens is 450 g/mol. The highest BCUT2D eigenvalue weighted by Gasteiger charge is 2.26. The molecule has 2 amide bonds. The fraction of sp³-hybridized carbons (Fsp3) is 0.423. The Hall–Kier alpha value is -3.59. The van der Waals surface area contributed by atoms with Gasteiger partial charge >= 0.3 is 12.1 Å². The highest BCUT2D eigenvalue weighted by Crippen LogP contribution is 2.15. The van der Waals surface area contributed by atoms with E-state index in [0.29, 0.717) is 31.6 Å². The summed E-state index contributed by atoms with van der Waals surface area (Å²) < 4.78 is 16.2. The third kappa shape index (κ3) is 8.60. The highest BCUT2D eigenvalue weighted by atomic mass is 16.6. The number of ether oxygens (including phenoxy) is 3. The summed E-state index contributed by atoms with van der Waals surface area (Å²) in [5, 5.41) is 2.71. The van der Waals surface area contributed by atoms with Crippen LogP contribution in [0.25, 0.3) is 0 Å². The van der Waals surface area contributed by atoms with Crippen LogP contribution in [0.5, 0.6) is 0 Å². The van der Waals surface area contributed by atoms with Crippen molar-refractivity contribution < 1.29 is 28.6 Å². The molecule has 188 valence electrons. The van der Waals surface area contributed by atoms with E-state index >= 15 is 0 Å². The molecule has 9 heteroatoms. The number of amides is 2. The van der Waals surface area contributed by atoms with Crippen molar-refractivity contribution in [2.45, 2.75) is 44.9 Å². The molecule has 0 spiro atoms. The number of piperidine rings is 1. The quantitative estimate of drug-likeness (QED) is 0.394. The molecule has 0 aliphatic carbocycles. The molecule has 1 fully saturated rings. The molecule has 0 radical (unpaired) electrons. The van der Waals surface area contributed by atoms with Gasteiger partial charge in [0.1, 0.15) is 19.3 Å². The van der Waals surface area contributed by atoms with Crippen LogP contribution in [-0.4, -0.2) is 61.3 Å². The van der Waals surface area contributed by atoms with Gasteiger partial charge in [-0.15, -0.1) is 0 Å². The summed E-state index contributed by atoms with van der Waals surface area (Å²) in [7, 11) is 0. The molecule has 2 aromatic carbocycles. The van der Waals surface area contributed by atoms with Gasteiger partial charge in [-0.2, -0.15) is 0 Å². The first-order chi connectivity index (χ1) is 16.9. The summed E-state index contributed by atoms with van der Waals surface area (Å²) in [4.78, 5) is 38.8. The number of nitrogens with zero attached hydrogens (tertiary/aromatic N) is 1. The van der Waals surface area contributed by atoms with Crippen LogP contribution in [0.4, 0.5) is 10.5 Å². The molecule has 0 bridgehead atoms. The average molecular weight is 484 g/mol. The molecule has 3 rings (SSSR count). The maximum absolute atomic E-state index is 12.5. The molecule has 1 aliphatic heterocycles. The van der Waals surface area contributed by atoms with Gasteiger partial charge in [0.25, 0.3) is 0 Å². The van der Waals surface area contributed by atoms with Crippen LogP contribution < -0.4 is 11.1 Å². The second-order valence-corrected chi connectivity index (χ2v) is 8.36. The summed E-state index contributed by atoms with van der Waals surface area (Å²) in [5.41, 5.74) is 8.12. The monoisotopic (exact) mass is 483 g/mol. The second kappa shape index (κ2) is 13.3. The number of carbonyl (C=O) groups is 3. The summed E-state index contributed by atoms with van der Waals surface area (Å²) in [6, 6.07) is 15.8. The number of nitrogens with one attached hydrogen (secondary N) is 1. The summed E-state index contributed by atoms with van der Waals surface area (Å²) >= 11 is 0. The van der Waals surface area contributed by atoms with Crippen LogP contribution in [0.3, 0.4) is 0 Å². The van der Waals surface area contributed by atoms with Crippen molar-refractivity contribution in [3.05, 3.63) is 65.7 Å². The zero-order valence-electron chi connectivity index (χ0n) is 20.0. The minimum atomic E-state index is -0.823. The van der Waals surface area contributed by atoms with E-state index in [4.69, 9.17) is 19.9 Å². The predicted octanol–water partition coefficient (Wildman–Crippen LogP) is 2.68. The molecule has 3 N–H and O–H groups in total. The smallest absolute Gasteiger partial charge is 0.410 e. The minimum Gasteiger partial charge on any atom is -0.464 e. The predicted molar refractivity (Wildman–Crippen MR) is 130 cm³/mol. The normalized spacial score (nSPS) is 14.7. The summed E-state index contributed by atoms with van der Waals surface area (Å²) in [6.45, 7) is 2.96. The number of nitrogens with two attached hydrogens (primary N) is 1. The van der Waals surface area contributed by atoms with Crippen molar-refractivity contribution in [2.24, 2.45) is 0 Å². The molecule has 1 aliphatic rings. The number of likely N-dealkylation sites (tertiary alicyclic amines) is 1. The summed E-state index contributed by atoms with van der Waals surface area (Å²) in [5.74, 6) is -0.900. The van der Waals surface area contributed by atoms with Crippen molar-refractivity contribution in [3.8, 4) is 0 Å². The van der Waals surface area contributed by atoms with Gasteiger partial charge in [-0.1, -0.05) is 42.5 Å². The SMILES string of the molecule is CCOC(=O)[C@H](Cc1ccc(N)cc1)NC(=O)COC1CCN(C(=O)OCc2ccccc2)CC1. The van der Waals surface area contributed by atoms with Crippen LogP contribution in [0.2, 0.25) is 0 Å². The van der Waals surface area contributed by atoms with Gasteiger partial charge in [-0.3, -0.25) is 4.79 Å². The van der Waals surface area contributed by atoms with E-state index in [2.05, 4.69) is 5.32 Å². The van der Waals surface area contributed by atoms with E-state index in [1.807, 2.05) is 42.5 Å². The number of hydrogen-bond acceptors (Lipinski definition) is 7. The van der Waals surface area contributed by atoms with Crippen molar-refractivity contribution >= 4 is 23.7 Å². The first-order valence-electron chi connectivity index (χ1n) is 11.8. The molecule has 9 nitrogen and oxygen atoms in total. The highest BCUT2D eigenvalue weighted by molar-refractivity contribution is 5.85. The molecule has 0 aromatic heterocycles. The number of nitrogen functional groups attached to an aromatic ring is 1. The Kier molecular flexibility index (Phi) is 9.92. The van der Waals surface area contributed by atoms with Crippen molar-refractivity contribution in [2.75, 3.05) is 32.0 Å². The van der Waals surface area contributed by atoms with Gasteiger partial charge in [-0.05, 0) is 43.0 Å². The topological polar surface area (TPSA) is 120 Å².